The van der Waals surface area contributed by atoms with Crippen molar-refractivity contribution in [2.24, 2.45) is 10.7 Å². The highest BCUT2D eigenvalue weighted by molar-refractivity contribution is 6.37. The van der Waals surface area contributed by atoms with Crippen LogP contribution in [0.15, 0.2) is 23.2 Å². The Balaban J connectivity index is 3.45. The van der Waals surface area contributed by atoms with Gasteiger partial charge in [-0.3, -0.25) is 4.79 Å². The van der Waals surface area contributed by atoms with Gasteiger partial charge in [-0.1, -0.05) is 45.9 Å². The Hall–Kier alpha value is -1.64. The average molecular weight is 246 g/mol. The smallest absolute Gasteiger partial charge is 0.262 e. The summed E-state index contributed by atoms with van der Waals surface area (Å²) in [7, 11) is 0. The van der Waals surface area contributed by atoms with E-state index >= 15 is 0 Å². The monoisotopic (exact) mass is 246 g/mol. The third-order valence-electron chi connectivity index (χ3n) is 2.98. The van der Waals surface area contributed by atoms with Gasteiger partial charge in [0.25, 0.3) is 5.91 Å². The Morgan fingerprint density at radius 1 is 1.11 bits per heavy atom. The van der Waals surface area contributed by atoms with E-state index in [1.54, 1.807) is 6.92 Å². The second-order valence-corrected chi connectivity index (χ2v) is 5.16. The highest BCUT2D eigenvalue weighted by Crippen LogP contribution is 2.34. The van der Waals surface area contributed by atoms with E-state index in [0.29, 0.717) is 17.5 Å². The van der Waals surface area contributed by atoms with Crippen molar-refractivity contribution in [3.8, 4) is 0 Å². The molecule has 1 rings (SSSR count). The van der Waals surface area contributed by atoms with Gasteiger partial charge in [0.15, 0.2) is 0 Å². The maximum Gasteiger partial charge on any atom is 0.262 e. The van der Waals surface area contributed by atoms with Gasteiger partial charge in [-0.2, -0.15) is 0 Å². The van der Waals surface area contributed by atoms with Gasteiger partial charge < -0.3 is 5.73 Å². The van der Waals surface area contributed by atoms with Gasteiger partial charge in [0.1, 0.15) is 5.71 Å². The van der Waals surface area contributed by atoms with Gasteiger partial charge in [-0.15, -0.1) is 0 Å². The van der Waals surface area contributed by atoms with E-state index < -0.39 is 5.91 Å². The van der Waals surface area contributed by atoms with Crippen LogP contribution in [-0.4, -0.2) is 11.6 Å². The summed E-state index contributed by atoms with van der Waals surface area (Å²) in [5.74, 6) is 0.259. The number of para-hydroxylation sites is 1. The Morgan fingerprint density at radius 2 is 1.56 bits per heavy atom. The number of hydrogen-bond acceptors (Lipinski definition) is 2. The fourth-order valence-electron chi connectivity index (χ4n) is 1.86. The molecule has 2 N–H and O–H groups in total. The normalized spacial score (nSPS) is 12.3. The maximum absolute atomic E-state index is 11.2. The number of benzene rings is 1. The van der Waals surface area contributed by atoms with Crippen LogP contribution in [0.25, 0.3) is 0 Å². The van der Waals surface area contributed by atoms with Crippen LogP contribution in [0.3, 0.4) is 0 Å². The van der Waals surface area contributed by atoms with Crippen molar-refractivity contribution in [2.75, 3.05) is 0 Å². The highest BCUT2D eigenvalue weighted by Gasteiger charge is 2.14. The van der Waals surface area contributed by atoms with Crippen LogP contribution >= 0.6 is 0 Å². The number of hydrogen-bond donors (Lipinski definition) is 1. The van der Waals surface area contributed by atoms with Gasteiger partial charge >= 0.3 is 0 Å². The van der Waals surface area contributed by atoms with E-state index in [1.807, 2.05) is 6.07 Å². The zero-order chi connectivity index (χ0) is 13.9. The van der Waals surface area contributed by atoms with Crippen molar-refractivity contribution in [1.82, 2.24) is 0 Å². The second kappa shape index (κ2) is 5.80. The molecule has 0 fully saturated rings. The number of aliphatic imine (C=N–C) groups is 1. The van der Waals surface area contributed by atoms with Gasteiger partial charge in [0.05, 0.1) is 5.69 Å². The molecule has 3 nitrogen and oxygen atoms in total. The van der Waals surface area contributed by atoms with Crippen LogP contribution < -0.4 is 5.73 Å². The average Bonchev–Trinajstić information content (AvgIpc) is 2.28. The van der Waals surface area contributed by atoms with E-state index in [1.165, 1.54) is 0 Å². The number of amides is 1. The number of nitrogens with zero attached hydrogens (tertiary/aromatic N) is 1. The molecule has 0 aliphatic heterocycles. The third kappa shape index (κ3) is 3.19. The van der Waals surface area contributed by atoms with Crippen LogP contribution in [0.1, 0.15) is 57.6 Å². The molecule has 98 valence electrons. The third-order valence-corrected chi connectivity index (χ3v) is 2.98. The number of nitrogens with two attached hydrogens (primary N) is 1. The van der Waals surface area contributed by atoms with Crippen LogP contribution in [0.5, 0.6) is 0 Å². The summed E-state index contributed by atoms with van der Waals surface area (Å²) in [6, 6.07) is 6.16. The van der Waals surface area contributed by atoms with E-state index in [4.69, 9.17) is 5.73 Å². The minimum absolute atomic E-state index is 0.352. The fraction of sp³-hybridized carbons (Fsp3) is 0.467. The van der Waals surface area contributed by atoms with Crippen molar-refractivity contribution < 1.29 is 4.79 Å². The molecule has 1 amide bonds. The molecule has 1 aromatic carbocycles. The highest BCUT2D eigenvalue weighted by atomic mass is 16.1. The minimum Gasteiger partial charge on any atom is -0.365 e. The lowest BCUT2D eigenvalue weighted by molar-refractivity contribution is -0.112. The maximum atomic E-state index is 11.2. The fourth-order valence-corrected chi connectivity index (χ4v) is 1.86. The largest absolute Gasteiger partial charge is 0.365 e. The molecule has 1 aromatic rings. The standard InChI is InChI=1S/C15H22N2O/c1-9(2)12-7-6-8-13(10(3)4)14(12)17-11(5)15(16)18/h6-10H,1-5H3,(H2,16,18). The van der Waals surface area contributed by atoms with E-state index in [-0.39, 0.29) is 0 Å². The predicted octanol–water partition coefficient (Wildman–Crippen LogP) is 3.51. The summed E-state index contributed by atoms with van der Waals surface area (Å²) >= 11 is 0. The molecule has 0 saturated heterocycles. The van der Waals surface area contributed by atoms with Crippen LogP contribution in [0.2, 0.25) is 0 Å². The van der Waals surface area contributed by atoms with E-state index in [9.17, 15) is 4.79 Å². The number of carbonyl (C=O) groups is 1. The van der Waals surface area contributed by atoms with Gasteiger partial charge in [0.2, 0.25) is 0 Å². The molecule has 0 aliphatic rings. The van der Waals surface area contributed by atoms with Crippen molar-refractivity contribution >= 4 is 17.3 Å². The Bertz CT molecular complexity index is 447. The van der Waals surface area contributed by atoms with Gasteiger partial charge in [-0.05, 0) is 29.9 Å². The van der Waals surface area contributed by atoms with Crippen LogP contribution in [-0.2, 0) is 4.79 Å². The molecule has 0 bridgehead atoms. The Kier molecular flexibility index (Phi) is 4.65. The molecule has 0 aliphatic carbocycles. The summed E-state index contributed by atoms with van der Waals surface area (Å²) in [5.41, 5.74) is 8.83. The van der Waals surface area contributed by atoms with Crippen molar-refractivity contribution in [3.05, 3.63) is 29.3 Å². The molecule has 0 spiro atoms. The lowest BCUT2D eigenvalue weighted by atomic mass is 9.93. The minimum atomic E-state index is -0.469. The molecule has 0 aromatic heterocycles. The van der Waals surface area contributed by atoms with E-state index in [0.717, 1.165) is 16.8 Å². The Morgan fingerprint density at radius 3 is 1.89 bits per heavy atom. The molecular weight excluding hydrogens is 224 g/mol. The van der Waals surface area contributed by atoms with Crippen LogP contribution in [0, 0.1) is 0 Å². The summed E-state index contributed by atoms with van der Waals surface area (Å²) in [6.07, 6.45) is 0. The zero-order valence-electron chi connectivity index (χ0n) is 11.8. The molecule has 0 saturated carbocycles. The Labute approximate surface area is 109 Å². The molecule has 0 radical (unpaired) electrons. The summed E-state index contributed by atoms with van der Waals surface area (Å²) < 4.78 is 0. The first kappa shape index (κ1) is 14.4. The molecule has 0 heterocycles. The summed E-state index contributed by atoms with van der Waals surface area (Å²) in [4.78, 5) is 15.6. The summed E-state index contributed by atoms with van der Waals surface area (Å²) in [5, 5.41) is 0. The van der Waals surface area contributed by atoms with Crippen molar-refractivity contribution in [2.45, 2.75) is 46.5 Å². The molecule has 0 unspecified atom stereocenters. The molecule has 18 heavy (non-hydrogen) atoms. The van der Waals surface area contributed by atoms with Gasteiger partial charge in [-0.25, -0.2) is 4.99 Å². The zero-order valence-corrected chi connectivity index (χ0v) is 11.8. The predicted molar refractivity (Wildman–Crippen MR) is 76.6 cm³/mol. The first-order valence-electron chi connectivity index (χ1n) is 6.32. The number of primary amides is 1. The SMILES string of the molecule is CC(=Nc1c(C(C)C)cccc1C(C)C)C(N)=O. The summed E-state index contributed by atoms with van der Waals surface area (Å²) in [6.45, 7) is 10.1. The number of carbonyl (C=O) groups excluding carboxylic acids is 1. The van der Waals surface area contributed by atoms with Gasteiger partial charge in [0, 0.05) is 0 Å². The topological polar surface area (TPSA) is 55.4 Å². The molecule has 0 atom stereocenters. The van der Waals surface area contributed by atoms with Crippen LogP contribution in [0.4, 0.5) is 5.69 Å². The molecule has 3 heteroatoms. The van der Waals surface area contributed by atoms with Crippen molar-refractivity contribution in [3.63, 3.8) is 0 Å². The number of rotatable bonds is 4. The first-order valence-corrected chi connectivity index (χ1v) is 6.32. The lowest BCUT2D eigenvalue weighted by Crippen LogP contribution is -2.20. The quantitative estimate of drug-likeness (QED) is 0.812. The molecular formula is C15H22N2O. The second-order valence-electron chi connectivity index (χ2n) is 5.16. The van der Waals surface area contributed by atoms with E-state index in [2.05, 4.69) is 44.8 Å². The van der Waals surface area contributed by atoms with Crippen molar-refractivity contribution in [1.29, 1.82) is 0 Å². The lowest BCUT2D eigenvalue weighted by Gasteiger charge is -2.16. The first-order chi connectivity index (χ1) is 8.34.